The third-order valence-corrected chi connectivity index (χ3v) is 5.47. The predicted octanol–water partition coefficient (Wildman–Crippen LogP) is 6.48. The molecule has 0 amide bonds. The SMILES string of the molecule is CCOC(=O)CCCC(=O)c1ccc(N[C@@H](c2ccc(-c3nnc(C(F)(F)F)o3)cc2)C(C)C)cc1. The molecule has 36 heavy (non-hydrogen) atoms. The van der Waals surface area contributed by atoms with Gasteiger partial charge in [-0.3, -0.25) is 9.59 Å². The molecule has 7 nitrogen and oxygen atoms in total. The summed E-state index contributed by atoms with van der Waals surface area (Å²) < 4.78 is 47.8. The van der Waals surface area contributed by atoms with E-state index in [0.29, 0.717) is 24.2 Å². The van der Waals surface area contributed by atoms with Crippen molar-refractivity contribution in [2.24, 2.45) is 5.92 Å². The van der Waals surface area contributed by atoms with Gasteiger partial charge in [0.15, 0.2) is 5.78 Å². The van der Waals surface area contributed by atoms with Crippen molar-refractivity contribution in [3.8, 4) is 11.5 Å². The van der Waals surface area contributed by atoms with Crippen molar-refractivity contribution in [1.29, 1.82) is 0 Å². The first-order chi connectivity index (χ1) is 17.1. The summed E-state index contributed by atoms with van der Waals surface area (Å²) in [5.74, 6) is -1.76. The lowest BCUT2D eigenvalue weighted by Crippen LogP contribution is -2.16. The van der Waals surface area contributed by atoms with Crippen molar-refractivity contribution in [2.45, 2.75) is 52.3 Å². The van der Waals surface area contributed by atoms with Gasteiger partial charge in [-0.15, -0.1) is 10.2 Å². The molecule has 10 heteroatoms. The lowest BCUT2D eigenvalue weighted by molar-refractivity contribution is -0.157. The van der Waals surface area contributed by atoms with E-state index < -0.39 is 12.1 Å². The van der Waals surface area contributed by atoms with E-state index in [0.717, 1.165) is 11.3 Å². The molecule has 1 N–H and O–H groups in total. The Morgan fingerprint density at radius 2 is 1.67 bits per heavy atom. The topological polar surface area (TPSA) is 94.3 Å². The van der Waals surface area contributed by atoms with Gasteiger partial charge in [0.1, 0.15) is 0 Å². The summed E-state index contributed by atoms with van der Waals surface area (Å²) in [6, 6.07) is 13.9. The van der Waals surface area contributed by atoms with Crippen molar-refractivity contribution in [2.75, 3.05) is 11.9 Å². The van der Waals surface area contributed by atoms with Crippen LogP contribution in [0.25, 0.3) is 11.5 Å². The zero-order valence-corrected chi connectivity index (χ0v) is 20.3. The molecule has 0 spiro atoms. The third-order valence-electron chi connectivity index (χ3n) is 5.47. The number of halogens is 3. The van der Waals surface area contributed by atoms with Gasteiger partial charge < -0.3 is 14.5 Å². The van der Waals surface area contributed by atoms with Crippen LogP contribution >= 0.6 is 0 Å². The van der Waals surface area contributed by atoms with E-state index in [1.165, 1.54) is 0 Å². The van der Waals surface area contributed by atoms with Crippen LogP contribution in [-0.2, 0) is 15.7 Å². The summed E-state index contributed by atoms with van der Waals surface area (Å²) in [5, 5.41) is 9.99. The van der Waals surface area contributed by atoms with E-state index in [9.17, 15) is 22.8 Å². The van der Waals surface area contributed by atoms with Gasteiger partial charge in [0.05, 0.1) is 12.6 Å². The number of aromatic nitrogens is 2. The Labute approximate surface area is 207 Å². The maximum absolute atomic E-state index is 12.7. The normalized spacial score (nSPS) is 12.4. The van der Waals surface area contributed by atoms with Crippen LogP contribution in [-0.4, -0.2) is 28.6 Å². The van der Waals surface area contributed by atoms with Crippen molar-refractivity contribution >= 4 is 17.4 Å². The smallest absolute Gasteiger partial charge is 0.466 e. The van der Waals surface area contributed by atoms with Gasteiger partial charge in [0.2, 0.25) is 5.89 Å². The van der Waals surface area contributed by atoms with Gasteiger partial charge in [-0.1, -0.05) is 26.0 Å². The molecule has 2 aromatic carbocycles. The van der Waals surface area contributed by atoms with Gasteiger partial charge in [0, 0.05) is 29.7 Å². The number of hydrogen-bond acceptors (Lipinski definition) is 7. The summed E-state index contributed by atoms with van der Waals surface area (Å²) >= 11 is 0. The number of rotatable bonds is 11. The van der Waals surface area contributed by atoms with Crippen LogP contribution in [0.15, 0.2) is 52.9 Å². The zero-order chi connectivity index (χ0) is 26.3. The fraction of sp³-hybridized carbons (Fsp3) is 0.385. The van der Waals surface area contributed by atoms with E-state index >= 15 is 0 Å². The van der Waals surface area contributed by atoms with Gasteiger partial charge in [-0.05, 0) is 61.2 Å². The number of Topliss-reactive ketones (excluding diaryl/α,β-unsaturated/α-hetero) is 1. The van der Waals surface area contributed by atoms with E-state index in [2.05, 4.69) is 15.5 Å². The number of benzene rings is 2. The molecular formula is C26H28F3N3O4. The Morgan fingerprint density at radius 1 is 1.00 bits per heavy atom. The fourth-order valence-corrected chi connectivity index (χ4v) is 3.63. The number of hydrogen-bond donors (Lipinski definition) is 1. The molecule has 1 heterocycles. The van der Waals surface area contributed by atoms with Crippen LogP contribution in [0.1, 0.15) is 67.9 Å². The van der Waals surface area contributed by atoms with Crippen molar-refractivity contribution < 1.29 is 31.9 Å². The molecular weight excluding hydrogens is 475 g/mol. The molecule has 1 atom stereocenters. The number of esters is 1. The highest BCUT2D eigenvalue weighted by molar-refractivity contribution is 5.96. The van der Waals surface area contributed by atoms with Crippen LogP contribution in [0.5, 0.6) is 0 Å². The van der Waals surface area contributed by atoms with Crippen LogP contribution in [0.2, 0.25) is 0 Å². The second kappa shape index (κ2) is 11.8. The molecule has 0 aliphatic heterocycles. The Bertz CT molecular complexity index is 1160. The number of carbonyl (C=O) groups excluding carboxylic acids is 2. The number of carbonyl (C=O) groups is 2. The predicted molar refractivity (Wildman–Crippen MR) is 127 cm³/mol. The summed E-state index contributed by atoms with van der Waals surface area (Å²) in [6.45, 7) is 6.15. The number of nitrogens with one attached hydrogen (secondary N) is 1. The van der Waals surface area contributed by atoms with E-state index in [1.807, 2.05) is 26.0 Å². The molecule has 0 fully saturated rings. The van der Waals surface area contributed by atoms with Crippen molar-refractivity contribution in [1.82, 2.24) is 10.2 Å². The third kappa shape index (κ3) is 7.16. The maximum atomic E-state index is 12.7. The van der Waals surface area contributed by atoms with Gasteiger partial charge in [0.25, 0.3) is 0 Å². The minimum absolute atomic E-state index is 0.0449. The molecule has 0 saturated heterocycles. The molecule has 0 bridgehead atoms. The Balaban J connectivity index is 1.64. The lowest BCUT2D eigenvalue weighted by atomic mass is 9.94. The number of anilines is 1. The molecule has 3 aromatic rings. The highest BCUT2D eigenvalue weighted by Crippen LogP contribution is 2.32. The average Bonchev–Trinajstić information content (AvgIpc) is 3.34. The van der Waals surface area contributed by atoms with Gasteiger partial charge >= 0.3 is 18.0 Å². The highest BCUT2D eigenvalue weighted by atomic mass is 19.4. The number of ketones is 1. The summed E-state index contributed by atoms with van der Waals surface area (Å²) in [4.78, 5) is 23.8. The van der Waals surface area contributed by atoms with E-state index in [-0.39, 0.29) is 42.4 Å². The molecule has 1 aromatic heterocycles. The summed E-state index contributed by atoms with van der Waals surface area (Å²) in [6.07, 6.45) is -3.79. The number of nitrogens with zero attached hydrogens (tertiary/aromatic N) is 2. The monoisotopic (exact) mass is 503 g/mol. The van der Waals surface area contributed by atoms with E-state index in [1.54, 1.807) is 43.3 Å². The number of ether oxygens (including phenoxy) is 1. The maximum Gasteiger partial charge on any atom is 0.470 e. The van der Waals surface area contributed by atoms with Crippen LogP contribution in [0.3, 0.4) is 0 Å². The molecule has 192 valence electrons. The molecule has 0 aliphatic rings. The second-order valence-corrected chi connectivity index (χ2v) is 8.56. The Kier molecular flexibility index (Phi) is 8.84. The minimum atomic E-state index is -4.69. The van der Waals surface area contributed by atoms with Gasteiger partial charge in [-0.2, -0.15) is 13.2 Å². The quantitative estimate of drug-likeness (QED) is 0.236. The van der Waals surface area contributed by atoms with Crippen molar-refractivity contribution in [3.05, 3.63) is 65.5 Å². The first-order valence-corrected chi connectivity index (χ1v) is 11.6. The first-order valence-electron chi connectivity index (χ1n) is 11.6. The van der Waals surface area contributed by atoms with E-state index in [4.69, 9.17) is 9.15 Å². The fourth-order valence-electron chi connectivity index (χ4n) is 3.63. The van der Waals surface area contributed by atoms with Crippen LogP contribution in [0.4, 0.5) is 18.9 Å². The highest BCUT2D eigenvalue weighted by Gasteiger charge is 2.38. The van der Waals surface area contributed by atoms with Crippen molar-refractivity contribution in [3.63, 3.8) is 0 Å². The second-order valence-electron chi connectivity index (χ2n) is 8.56. The zero-order valence-electron chi connectivity index (χ0n) is 20.3. The summed E-state index contributed by atoms with van der Waals surface area (Å²) in [5.41, 5.74) is 2.68. The molecule has 0 aliphatic carbocycles. The average molecular weight is 504 g/mol. The summed E-state index contributed by atoms with van der Waals surface area (Å²) in [7, 11) is 0. The Hall–Kier alpha value is -3.69. The van der Waals surface area contributed by atoms with Crippen LogP contribution in [0, 0.1) is 5.92 Å². The largest absolute Gasteiger partial charge is 0.470 e. The molecule has 0 unspecified atom stereocenters. The van der Waals surface area contributed by atoms with Gasteiger partial charge in [-0.25, -0.2) is 0 Å². The molecule has 3 rings (SSSR count). The lowest BCUT2D eigenvalue weighted by Gasteiger charge is -2.24. The molecule has 0 radical (unpaired) electrons. The Morgan fingerprint density at radius 3 is 2.22 bits per heavy atom. The molecule has 0 saturated carbocycles. The van der Waals surface area contributed by atoms with Crippen LogP contribution < -0.4 is 5.32 Å². The number of alkyl halides is 3. The first kappa shape index (κ1) is 26.9. The standard InChI is InChI=1S/C26H28F3N3O4/c1-4-35-22(34)7-5-6-21(33)17-12-14-20(15-13-17)30-23(16(2)3)18-8-10-19(11-9-18)24-31-32-25(36-24)26(27,28)29/h8-16,23,30H,4-7H2,1-3H3/t23-/m1/s1. The minimum Gasteiger partial charge on any atom is -0.466 e.